The average Bonchev–Trinajstić information content (AvgIpc) is 2.64. The Morgan fingerprint density at radius 2 is 2.00 bits per heavy atom. The molecule has 0 saturated carbocycles. The summed E-state index contributed by atoms with van der Waals surface area (Å²) in [5.41, 5.74) is 1.78. The van der Waals surface area contributed by atoms with E-state index in [1.807, 2.05) is 24.3 Å². The summed E-state index contributed by atoms with van der Waals surface area (Å²) < 4.78 is 4.75. The predicted octanol–water partition coefficient (Wildman–Crippen LogP) is 2.54. The summed E-state index contributed by atoms with van der Waals surface area (Å²) in [5.74, 6) is -0.305. The lowest BCUT2D eigenvalue weighted by Gasteiger charge is -2.06. The van der Waals surface area contributed by atoms with E-state index >= 15 is 0 Å². The molecule has 2 nitrogen and oxygen atoms in total. The minimum Gasteiger partial charge on any atom is -0.465 e. The molecule has 1 aromatic rings. The van der Waals surface area contributed by atoms with Gasteiger partial charge in [0.25, 0.3) is 0 Å². The van der Waals surface area contributed by atoms with Gasteiger partial charge in [-0.05, 0) is 45.7 Å². The van der Waals surface area contributed by atoms with Crippen molar-refractivity contribution >= 4 is 42.3 Å². The van der Waals surface area contributed by atoms with E-state index in [0.29, 0.717) is 5.56 Å². The predicted molar refractivity (Wildman–Crippen MR) is 86.1 cm³/mol. The fourth-order valence-electron chi connectivity index (χ4n) is 2.09. The molecule has 1 heterocycles. The van der Waals surface area contributed by atoms with Gasteiger partial charge in [-0.2, -0.15) is 0 Å². The molecule has 20 heavy (non-hydrogen) atoms. The maximum absolute atomic E-state index is 11.5. The third-order valence-electron chi connectivity index (χ3n) is 3.07. The number of thioether (sulfide) groups is 1. The van der Waals surface area contributed by atoms with Gasteiger partial charge in [-0.15, -0.1) is 12.4 Å². The first-order chi connectivity index (χ1) is 9.28. The molecule has 0 spiro atoms. The quantitative estimate of drug-likeness (QED) is 0.746. The van der Waals surface area contributed by atoms with Crippen molar-refractivity contribution in [1.29, 1.82) is 0 Å². The number of hydrogen-bond donors (Lipinski definition) is 0. The second-order valence-electron chi connectivity index (χ2n) is 4.25. The van der Waals surface area contributed by atoms with Crippen LogP contribution < -0.4 is 10.4 Å². The third kappa shape index (κ3) is 2.74. The van der Waals surface area contributed by atoms with Gasteiger partial charge in [-0.3, -0.25) is 0 Å². The number of allylic oxidation sites excluding steroid dienone is 4. The van der Waals surface area contributed by atoms with Gasteiger partial charge in [-0.25, -0.2) is 4.79 Å². The Morgan fingerprint density at radius 1 is 1.15 bits per heavy atom. The molecular formula is C16H13ClO2S. The van der Waals surface area contributed by atoms with Gasteiger partial charge in [0.2, 0.25) is 0 Å². The van der Waals surface area contributed by atoms with Crippen LogP contribution >= 0.6 is 24.2 Å². The Balaban J connectivity index is 0.00000147. The van der Waals surface area contributed by atoms with E-state index in [2.05, 4.69) is 23.6 Å². The van der Waals surface area contributed by atoms with Gasteiger partial charge in [0.05, 0.1) is 12.7 Å². The van der Waals surface area contributed by atoms with Crippen molar-refractivity contribution in [2.75, 3.05) is 7.11 Å². The van der Waals surface area contributed by atoms with Crippen LogP contribution in [-0.4, -0.2) is 13.1 Å². The van der Waals surface area contributed by atoms with E-state index in [1.54, 1.807) is 17.8 Å². The molecule has 0 bridgehead atoms. The molecule has 0 radical (unpaired) electrons. The van der Waals surface area contributed by atoms with Crippen LogP contribution in [0.5, 0.6) is 0 Å². The molecule has 102 valence electrons. The van der Waals surface area contributed by atoms with Crippen molar-refractivity contribution in [3.63, 3.8) is 0 Å². The minimum absolute atomic E-state index is 0. The van der Waals surface area contributed by atoms with Crippen molar-refractivity contribution in [1.82, 2.24) is 0 Å². The lowest BCUT2D eigenvalue weighted by Crippen LogP contribution is -2.25. The maximum atomic E-state index is 11.5. The largest absolute Gasteiger partial charge is 0.465 e. The standard InChI is InChI=1S/C16H12O2S.ClH/c1-18-16(17)14-5-4-11-9-13-3-2-8-19-15(13)7-6-12(11)10-14;/h2-10H,1H3;1H. The highest BCUT2D eigenvalue weighted by Crippen LogP contribution is 2.30. The number of rotatable bonds is 1. The topological polar surface area (TPSA) is 26.3 Å². The Labute approximate surface area is 127 Å². The SMILES string of the molecule is COC(=O)c1ccc2c(c1)=CC=C1SC=CC=C1C=2.Cl. The van der Waals surface area contributed by atoms with Crippen molar-refractivity contribution in [2.45, 2.75) is 0 Å². The minimum atomic E-state index is -0.305. The summed E-state index contributed by atoms with van der Waals surface area (Å²) in [6.45, 7) is 0. The first kappa shape index (κ1) is 14.7. The molecule has 0 atom stereocenters. The van der Waals surface area contributed by atoms with Crippen LogP contribution in [0, 0.1) is 0 Å². The molecule has 0 N–H and O–H groups in total. The molecule has 0 unspecified atom stereocenters. The fraction of sp³-hybridized carbons (Fsp3) is 0.0625. The highest BCUT2D eigenvalue weighted by Gasteiger charge is 2.08. The van der Waals surface area contributed by atoms with Crippen molar-refractivity contribution in [3.8, 4) is 0 Å². The van der Waals surface area contributed by atoms with Crippen molar-refractivity contribution in [3.05, 3.63) is 68.3 Å². The molecule has 3 rings (SSSR count). The van der Waals surface area contributed by atoms with Gasteiger partial charge < -0.3 is 4.74 Å². The van der Waals surface area contributed by atoms with Gasteiger partial charge >= 0.3 is 5.97 Å². The van der Waals surface area contributed by atoms with Crippen molar-refractivity contribution < 1.29 is 9.53 Å². The van der Waals surface area contributed by atoms with Crippen LogP contribution in [0.15, 0.2) is 52.3 Å². The maximum Gasteiger partial charge on any atom is 0.337 e. The van der Waals surface area contributed by atoms with Crippen LogP contribution in [0.2, 0.25) is 0 Å². The van der Waals surface area contributed by atoms with Crippen LogP contribution in [0.25, 0.3) is 12.2 Å². The number of carbonyl (C=O) groups excluding carboxylic acids is 1. The molecule has 4 heteroatoms. The third-order valence-corrected chi connectivity index (χ3v) is 3.99. The number of hydrogen-bond acceptors (Lipinski definition) is 3. The number of methoxy groups -OCH3 is 1. The van der Waals surface area contributed by atoms with Crippen LogP contribution in [0.3, 0.4) is 0 Å². The molecule has 1 aliphatic heterocycles. The molecule has 0 amide bonds. The summed E-state index contributed by atoms with van der Waals surface area (Å²) in [4.78, 5) is 12.8. The second-order valence-corrected chi connectivity index (χ2v) is 5.19. The lowest BCUT2D eigenvalue weighted by atomic mass is 10.1. The van der Waals surface area contributed by atoms with Gasteiger partial charge in [-0.1, -0.05) is 36.1 Å². The summed E-state index contributed by atoms with van der Waals surface area (Å²) in [6.07, 6.45) is 10.4. The average molecular weight is 305 g/mol. The van der Waals surface area contributed by atoms with Gasteiger partial charge in [0.1, 0.15) is 0 Å². The highest BCUT2D eigenvalue weighted by molar-refractivity contribution is 8.06. The zero-order chi connectivity index (χ0) is 13.2. The van der Waals surface area contributed by atoms with Gasteiger partial charge in [0.15, 0.2) is 0 Å². The lowest BCUT2D eigenvalue weighted by molar-refractivity contribution is 0.0600. The first-order valence-electron chi connectivity index (χ1n) is 5.94. The summed E-state index contributed by atoms with van der Waals surface area (Å²) in [5, 5.41) is 4.21. The molecule has 1 aliphatic carbocycles. The number of benzene rings is 1. The van der Waals surface area contributed by atoms with E-state index in [-0.39, 0.29) is 18.4 Å². The zero-order valence-corrected chi connectivity index (χ0v) is 12.5. The monoisotopic (exact) mass is 304 g/mol. The second kappa shape index (κ2) is 6.16. The van der Waals surface area contributed by atoms with E-state index in [4.69, 9.17) is 4.74 Å². The van der Waals surface area contributed by atoms with Crippen LogP contribution in [-0.2, 0) is 4.74 Å². The van der Waals surface area contributed by atoms with E-state index in [0.717, 1.165) is 10.4 Å². The molecule has 1 aromatic carbocycles. The fourth-order valence-corrected chi connectivity index (χ4v) is 2.80. The summed E-state index contributed by atoms with van der Waals surface area (Å²) >= 11 is 1.70. The van der Waals surface area contributed by atoms with Crippen molar-refractivity contribution in [2.24, 2.45) is 0 Å². The molecule has 2 aliphatic rings. The Bertz CT molecular complexity index is 757. The number of carbonyl (C=O) groups is 1. The summed E-state index contributed by atoms with van der Waals surface area (Å²) in [7, 11) is 1.40. The smallest absolute Gasteiger partial charge is 0.337 e. The normalized spacial score (nSPS) is 15.1. The Morgan fingerprint density at radius 3 is 2.80 bits per heavy atom. The number of esters is 1. The summed E-state index contributed by atoms with van der Waals surface area (Å²) in [6, 6.07) is 5.62. The van der Waals surface area contributed by atoms with Crippen LogP contribution in [0.1, 0.15) is 10.4 Å². The first-order valence-corrected chi connectivity index (χ1v) is 6.82. The highest BCUT2D eigenvalue weighted by atomic mass is 35.5. The number of fused-ring (bicyclic) bond motifs is 2. The molecule has 0 fully saturated rings. The van der Waals surface area contributed by atoms with E-state index < -0.39 is 0 Å². The van der Waals surface area contributed by atoms with Crippen LogP contribution in [0.4, 0.5) is 0 Å². The molecule has 0 saturated heterocycles. The molecule has 0 aromatic heterocycles. The number of ether oxygens (including phenoxy) is 1. The van der Waals surface area contributed by atoms with Gasteiger partial charge in [0, 0.05) is 4.91 Å². The Hall–Kier alpha value is -1.71. The molecular weight excluding hydrogens is 292 g/mol. The number of halogens is 1. The van der Waals surface area contributed by atoms with E-state index in [1.165, 1.54) is 17.6 Å². The van der Waals surface area contributed by atoms with E-state index in [9.17, 15) is 4.79 Å². The Kier molecular flexibility index (Phi) is 4.53. The zero-order valence-electron chi connectivity index (χ0n) is 10.8.